The number of nitrogens with zero attached hydrogens (tertiary/aromatic N) is 1. The fraction of sp³-hybridized carbons (Fsp3) is 0.471. The number of rotatable bonds is 7. The number of ether oxygens (including phenoxy) is 3. The van der Waals surface area contributed by atoms with Gasteiger partial charge in [-0.3, -0.25) is 19.1 Å². The molecule has 0 radical (unpaired) electrons. The van der Waals surface area contributed by atoms with Crippen LogP contribution >= 0.6 is 0 Å². The minimum Gasteiger partial charge on any atom is -0.467 e. The Hall–Kier alpha value is -2.72. The van der Waals surface area contributed by atoms with Gasteiger partial charge in [0.25, 0.3) is 5.56 Å². The first-order chi connectivity index (χ1) is 13.0. The van der Waals surface area contributed by atoms with E-state index >= 15 is 0 Å². The number of hydrogen-bond donors (Lipinski definition) is 1. The predicted molar refractivity (Wildman–Crippen MR) is 88.3 cm³/mol. The maximum absolute atomic E-state index is 13.6. The summed E-state index contributed by atoms with van der Waals surface area (Å²) < 4.78 is 36.4. The summed E-state index contributed by atoms with van der Waals surface area (Å²) >= 11 is 0. The smallest absolute Gasteiger partial charge is 0.330 e. The van der Waals surface area contributed by atoms with Gasteiger partial charge in [0, 0.05) is 12.8 Å². The molecule has 3 atom stereocenters. The third-order valence-electron chi connectivity index (χ3n) is 4.13. The van der Waals surface area contributed by atoms with E-state index in [-0.39, 0.29) is 26.1 Å². The quantitative estimate of drug-likeness (QED) is 0.713. The minimum atomic E-state index is -1.10. The van der Waals surface area contributed by atoms with Crippen LogP contribution in [-0.4, -0.2) is 34.3 Å². The molecule has 0 bridgehead atoms. The lowest BCUT2D eigenvalue weighted by molar-refractivity contribution is -0.151. The number of nitrogens with one attached hydrogen (secondary N) is 1. The summed E-state index contributed by atoms with van der Waals surface area (Å²) in [5.74, 6) is -0.916. The van der Waals surface area contributed by atoms with Gasteiger partial charge < -0.3 is 18.6 Å². The molecule has 1 saturated heterocycles. The average Bonchev–Trinajstić information content (AvgIpc) is 3.30. The Kier molecular flexibility index (Phi) is 5.87. The second-order valence-corrected chi connectivity index (χ2v) is 5.97. The number of furan rings is 1. The molecule has 9 nitrogen and oxygen atoms in total. The van der Waals surface area contributed by atoms with Crippen LogP contribution in [-0.2, 0) is 25.6 Å². The summed E-state index contributed by atoms with van der Waals surface area (Å²) in [6, 6.07) is 3.46. The van der Waals surface area contributed by atoms with Gasteiger partial charge in [-0.1, -0.05) is 6.92 Å². The molecule has 0 unspecified atom stereocenters. The van der Waals surface area contributed by atoms with E-state index < -0.39 is 41.5 Å². The third-order valence-corrected chi connectivity index (χ3v) is 4.13. The molecule has 0 spiro atoms. The standard InChI is InChI=1S/C17H19FN2O7/c1-2-15(21)26-9-13-12(25-8-10-4-3-5-24-10)6-14(27-13)20-7-11(18)16(22)19-17(20)23/h3-5,7,12-14H,2,6,8-9H2,1H3,(H,19,22,23)/t12-,13+,14+/m0/s1. The highest BCUT2D eigenvalue weighted by molar-refractivity contribution is 5.68. The molecule has 1 fully saturated rings. The second-order valence-electron chi connectivity index (χ2n) is 5.97. The van der Waals surface area contributed by atoms with Crippen LogP contribution in [0.4, 0.5) is 4.39 Å². The van der Waals surface area contributed by atoms with E-state index in [1.807, 2.05) is 4.98 Å². The minimum absolute atomic E-state index is 0.0768. The zero-order valence-electron chi connectivity index (χ0n) is 14.6. The van der Waals surface area contributed by atoms with E-state index in [4.69, 9.17) is 18.6 Å². The number of carbonyl (C=O) groups excluding carboxylic acids is 1. The summed E-state index contributed by atoms with van der Waals surface area (Å²) in [5, 5.41) is 0. The molecule has 0 saturated carbocycles. The number of hydrogen-bond acceptors (Lipinski definition) is 7. The van der Waals surface area contributed by atoms with Crippen molar-refractivity contribution in [1.82, 2.24) is 9.55 Å². The number of H-pyrrole nitrogens is 1. The van der Waals surface area contributed by atoms with Gasteiger partial charge in [-0.05, 0) is 12.1 Å². The van der Waals surface area contributed by atoms with Crippen LogP contribution in [0.1, 0.15) is 31.8 Å². The Morgan fingerprint density at radius 3 is 2.96 bits per heavy atom. The molecule has 27 heavy (non-hydrogen) atoms. The van der Waals surface area contributed by atoms with Crippen LogP contribution in [0.2, 0.25) is 0 Å². The summed E-state index contributed by atoms with van der Waals surface area (Å²) in [7, 11) is 0. The van der Waals surface area contributed by atoms with Crippen molar-refractivity contribution in [2.24, 2.45) is 0 Å². The molecular weight excluding hydrogens is 363 g/mol. The summed E-state index contributed by atoms with van der Waals surface area (Å²) in [6.07, 6.45) is 0.620. The van der Waals surface area contributed by atoms with Crippen LogP contribution in [0.3, 0.4) is 0 Å². The first kappa shape index (κ1) is 19.1. The molecule has 0 amide bonds. The van der Waals surface area contributed by atoms with Crippen LogP contribution < -0.4 is 11.2 Å². The van der Waals surface area contributed by atoms with Crippen molar-refractivity contribution in [3.63, 3.8) is 0 Å². The predicted octanol–water partition coefficient (Wildman–Crippen LogP) is 1.09. The lowest BCUT2D eigenvalue weighted by Gasteiger charge is -2.18. The summed E-state index contributed by atoms with van der Waals surface area (Å²) in [6.45, 7) is 1.74. The van der Waals surface area contributed by atoms with Crippen molar-refractivity contribution < 1.29 is 27.8 Å². The molecule has 2 aromatic heterocycles. The van der Waals surface area contributed by atoms with Crippen LogP contribution in [0.25, 0.3) is 0 Å². The van der Waals surface area contributed by atoms with E-state index in [0.717, 1.165) is 10.8 Å². The molecule has 2 aromatic rings. The molecule has 3 heterocycles. The van der Waals surface area contributed by atoms with Crippen LogP contribution in [0.15, 0.2) is 38.6 Å². The average molecular weight is 382 g/mol. The first-order valence-electron chi connectivity index (χ1n) is 8.44. The molecule has 146 valence electrons. The summed E-state index contributed by atoms with van der Waals surface area (Å²) in [5.41, 5.74) is -1.91. The lowest BCUT2D eigenvalue weighted by Crippen LogP contribution is -2.34. The van der Waals surface area contributed by atoms with Gasteiger partial charge in [0.1, 0.15) is 31.3 Å². The van der Waals surface area contributed by atoms with Crippen molar-refractivity contribution in [3.05, 3.63) is 57.0 Å². The van der Waals surface area contributed by atoms with Crippen molar-refractivity contribution >= 4 is 5.97 Å². The Bertz CT molecular complexity index is 889. The van der Waals surface area contributed by atoms with Crippen molar-refractivity contribution in [3.8, 4) is 0 Å². The van der Waals surface area contributed by atoms with Gasteiger partial charge >= 0.3 is 11.7 Å². The maximum atomic E-state index is 13.6. The molecular formula is C17H19FN2O7. The van der Waals surface area contributed by atoms with E-state index in [2.05, 4.69) is 0 Å². The molecule has 0 aromatic carbocycles. The Labute approximate surface area is 152 Å². The summed E-state index contributed by atoms with van der Waals surface area (Å²) in [4.78, 5) is 36.5. The van der Waals surface area contributed by atoms with E-state index in [1.165, 1.54) is 6.26 Å². The van der Waals surface area contributed by atoms with Crippen LogP contribution in [0, 0.1) is 5.82 Å². The second kappa shape index (κ2) is 8.31. The fourth-order valence-corrected chi connectivity index (χ4v) is 2.73. The van der Waals surface area contributed by atoms with Gasteiger partial charge in [-0.2, -0.15) is 4.39 Å². The largest absolute Gasteiger partial charge is 0.467 e. The van der Waals surface area contributed by atoms with E-state index in [9.17, 15) is 18.8 Å². The molecule has 1 N–H and O–H groups in total. The number of aromatic nitrogens is 2. The number of carbonyl (C=O) groups is 1. The van der Waals surface area contributed by atoms with Crippen molar-refractivity contribution in [2.45, 2.75) is 44.8 Å². The Balaban J connectivity index is 1.75. The Morgan fingerprint density at radius 1 is 1.44 bits per heavy atom. The topological polar surface area (TPSA) is 113 Å². The molecule has 1 aliphatic heterocycles. The van der Waals surface area contributed by atoms with Gasteiger partial charge in [-0.25, -0.2) is 4.79 Å². The number of halogens is 1. The highest BCUT2D eigenvalue weighted by Crippen LogP contribution is 2.30. The van der Waals surface area contributed by atoms with Crippen LogP contribution in [0.5, 0.6) is 0 Å². The molecule has 1 aliphatic rings. The number of aromatic amines is 1. The fourth-order valence-electron chi connectivity index (χ4n) is 2.73. The van der Waals surface area contributed by atoms with E-state index in [0.29, 0.717) is 5.76 Å². The van der Waals surface area contributed by atoms with Crippen molar-refractivity contribution in [2.75, 3.05) is 6.61 Å². The van der Waals surface area contributed by atoms with Gasteiger partial charge in [0.05, 0.1) is 18.6 Å². The lowest BCUT2D eigenvalue weighted by atomic mass is 10.2. The third kappa shape index (κ3) is 4.52. The molecule has 10 heteroatoms. The Morgan fingerprint density at radius 2 is 2.26 bits per heavy atom. The highest BCUT2D eigenvalue weighted by atomic mass is 19.1. The maximum Gasteiger partial charge on any atom is 0.330 e. The van der Waals surface area contributed by atoms with Gasteiger partial charge in [0.15, 0.2) is 0 Å². The molecule has 3 rings (SSSR count). The number of esters is 1. The zero-order chi connectivity index (χ0) is 19.4. The van der Waals surface area contributed by atoms with E-state index in [1.54, 1.807) is 19.1 Å². The van der Waals surface area contributed by atoms with Gasteiger partial charge in [-0.15, -0.1) is 0 Å². The van der Waals surface area contributed by atoms with Gasteiger partial charge in [0.2, 0.25) is 5.82 Å². The normalized spacial score (nSPS) is 22.1. The highest BCUT2D eigenvalue weighted by Gasteiger charge is 2.38. The van der Waals surface area contributed by atoms with Crippen molar-refractivity contribution in [1.29, 1.82) is 0 Å². The monoisotopic (exact) mass is 382 g/mol. The zero-order valence-corrected chi connectivity index (χ0v) is 14.6. The SMILES string of the molecule is CCC(=O)OC[C@H]1O[C@@H](n2cc(F)c(=O)[nH]c2=O)C[C@@H]1OCc1ccco1. The molecule has 0 aliphatic carbocycles. The first-order valence-corrected chi connectivity index (χ1v) is 8.44.